The first-order valence-electron chi connectivity index (χ1n) is 4.11. The van der Waals surface area contributed by atoms with Crippen LogP contribution in [0.25, 0.3) is 0 Å². The summed E-state index contributed by atoms with van der Waals surface area (Å²) < 4.78 is 20.7. The highest BCUT2D eigenvalue weighted by Crippen LogP contribution is 2.41. The molecular weight excluding hydrogens is 273 g/mol. The van der Waals surface area contributed by atoms with Crippen LogP contribution in [0.2, 0.25) is 0 Å². The Morgan fingerprint density at radius 2 is 2.00 bits per heavy atom. The summed E-state index contributed by atoms with van der Waals surface area (Å²) in [6.45, 7) is 1.70. The fraction of sp³-hybridized carbons (Fsp3) is 0.714. The molecule has 0 fully saturated rings. The summed E-state index contributed by atoms with van der Waals surface area (Å²) in [5.41, 5.74) is 0. The van der Waals surface area contributed by atoms with Crippen molar-refractivity contribution in [2.45, 2.75) is 0 Å². The Morgan fingerprint density at radius 1 is 1.44 bits per heavy atom. The first-order valence-corrected chi connectivity index (χ1v) is 9.08. The fourth-order valence-electron chi connectivity index (χ4n) is 0.571. The van der Waals surface area contributed by atoms with Gasteiger partial charge in [-0.2, -0.15) is 0 Å². The molecule has 0 spiro atoms. The van der Waals surface area contributed by atoms with Gasteiger partial charge in [-0.3, -0.25) is 4.79 Å². The lowest BCUT2D eigenvalue weighted by Crippen LogP contribution is -2.34. The van der Waals surface area contributed by atoms with E-state index >= 15 is 0 Å². The van der Waals surface area contributed by atoms with E-state index < -0.39 is 28.8 Å². The van der Waals surface area contributed by atoms with Crippen molar-refractivity contribution in [2.24, 2.45) is 0 Å². The summed E-state index contributed by atoms with van der Waals surface area (Å²) in [7, 11) is 2.59. The normalized spacial score (nSPS) is 14.0. The summed E-state index contributed by atoms with van der Waals surface area (Å²) in [4.78, 5) is 23.2. The predicted molar refractivity (Wildman–Crippen MR) is 65.6 cm³/mol. The quantitative estimate of drug-likeness (QED) is 0.559. The molecule has 16 heavy (non-hydrogen) atoms. The van der Waals surface area contributed by atoms with Crippen LogP contribution in [0, 0.1) is 0 Å². The van der Waals surface area contributed by atoms with Crippen molar-refractivity contribution in [3.63, 3.8) is 0 Å². The minimum Gasteiger partial charge on any atom is -0.452 e. The van der Waals surface area contributed by atoms with Crippen LogP contribution >= 0.6 is 18.1 Å². The third-order valence-corrected chi connectivity index (χ3v) is 8.58. The lowest BCUT2D eigenvalue weighted by atomic mass is 10.6. The molecule has 0 saturated carbocycles. The number of carbonyl (C=O) groups is 2. The lowest BCUT2D eigenvalue weighted by molar-refractivity contribution is -0.125. The number of carbonyl (C=O) groups excluding carboxylic acids is 2. The van der Waals surface area contributed by atoms with Crippen LogP contribution in [0.15, 0.2) is 0 Å². The molecule has 94 valence electrons. The molecule has 0 aromatic heterocycles. The van der Waals surface area contributed by atoms with Gasteiger partial charge in [0.25, 0.3) is 0 Å². The average molecular weight is 287 g/mol. The minimum atomic E-state index is -1.26. The third-order valence-electron chi connectivity index (χ3n) is 1.57. The number of ether oxygens (including phenoxy) is 1. The molecule has 2 unspecified atom stereocenters. The molecule has 0 aromatic carbocycles. The van der Waals surface area contributed by atoms with Gasteiger partial charge in [0.05, 0.1) is 12.9 Å². The Hall–Kier alpha value is -0.170. The van der Waals surface area contributed by atoms with Crippen LogP contribution in [-0.4, -0.2) is 54.8 Å². The number of rotatable bonds is 5. The molecule has 0 saturated heterocycles. The Labute approximate surface area is 101 Å². The second-order valence-corrected chi connectivity index (χ2v) is 9.62. The second kappa shape index (κ2) is 8.00. The number of methoxy groups -OCH3 is 1. The van der Waals surface area contributed by atoms with Crippen LogP contribution < -0.4 is 0 Å². The van der Waals surface area contributed by atoms with Gasteiger partial charge in [-0.05, 0) is 17.5 Å². The van der Waals surface area contributed by atoms with Crippen LogP contribution in [-0.2, 0) is 23.5 Å². The molecule has 0 N–H and O–H groups in total. The highest BCUT2D eigenvalue weighted by molar-refractivity contribution is 8.90. The van der Waals surface area contributed by atoms with Gasteiger partial charge in [-0.15, -0.1) is 0 Å². The van der Waals surface area contributed by atoms with Gasteiger partial charge < -0.3 is 9.26 Å². The second-order valence-electron chi connectivity index (χ2n) is 2.52. The molecule has 0 rings (SSSR count). The van der Waals surface area contributed by atoms with E-state index in [1.807, 2.05) is 0 Å². The van der Waals surface area contributed by atoms with Gasteiger partial charge in [0.2, 0.25) is 5.91 Å². The Kier molecular flexibility index (Phi) is 7.91. The molecule has 0 aliphatic heterocycles. The molecule has 0 bridgehead atoms. The lowest BCUT2D eigenvalue weighted by Gasteiger charge is -2.13. The van der Waals surface area contributed by atoms with Crippen molar-refractivity contribution in [3.05, 3.63) is 0 Å². The molecule has 0 aliphatic carbocycles. The van der Waals surface area contributed by atoms with E-state index in [1.165, 1.54) is 21.3 Å². The van der Waals surface area contributed by atoms with Crippen molar-refractivity contribution in [1.82, 2.24) is 4.90 Å². The van der Waals surface area contributed by atoms with Crippen LogP contribution in [0.5, 0.6) is 0 Å². The number of imide groups is 1. The zero-order valence-electron chi connectivity index (χ0n) is 9.46. The Morgan fingerprint density at radius 3 is 2.44 bits per heavy atom. The van der Waals surface area contributed by atoms with Crippen LogP contribution in [0.3, 0.4) is 0 Å². The number of hydrogen-bond acceptors (Lipinski definition) is 6. The van der Waals surface area contributed by atoms with Gasteiger partial charge in [0.1, 0.15) is 16.8 Å². The zero-order valence-corrected chi connectivity index (χ0v) is 12.0. The van der Waals surface area contributed by atoms with E-state index in [0.717, 1.165) is 15.7 Å². The minimum absolute atomic E-state index is 0.0474. The van der Waals surface area contributed by atoms with Crippen molar-refractivity contribution < 1.29 is 23.1 Å². The summed E-state index contributed by atoms with van der Waals surface area (Å²) >= 11 is 0. The molecule has 2 atom stereocenters. The monoisotopic (exact) mass is 287 g/mol. The van der Waals surface area contributed by atoms with E-state index in [0.29, 0.717) is 0 Å². The van der Waals surface area contributed by atoms with Crippen molar-refractivity contribution in [3.8, 4) is 0 Å². The smallest absolute Gasteiger partial charge is 0.415 e. The van der Waals surface area contributed by atoms with E-state index in [2.05, 4.69) is 4.74 Å². The molecule has 0 aromatic rings. The van der Waals surface area contributed by atoms with Crippen LogP contribution in [0.1, 0.15) is 0 Å². The zero-order chi connectivity index (χ0) is 12.7. The number of amides is 2. The Bertz CT molecular complexity index is 288. The Balaban J connectivity index is 4.08. The van der Waals surface area contributed by atoms with Gasteiger partial charge in [0, 0.05) is 14.2 Å². The maximum absolute atomic E-state index is 11.4. The molecule has 0 radical (unpaired) electrons. The third kappa shape index (κ3) is 5.25. The van der Waals surface area contributed by atoms with Crippen molar-refractivity contribution in [2.75, 3.05) is 33.7 Å². The molecule has 0 heterocycles. The van der Waals surface area contributed by atoms with E-state index in [9.17, 15) is 13.8 Å². The number of nitrogens with zero attached hydrogens (tertiary/aromatic N) is 1. The van der Waals surface area contributed by atoms with Gasteiger partial charge in [-0.1, -0.05) is 0 Å². The predicted octanol–water partition coefficient (Wildman–Crippen LogP) is 1.20. The van der Waals surface area contributed by atoms with E-state index in [-0.39, 0.29) is 5.75 Å². The summed E-state index contributed by atoms with van der Waals surface area (Å²) in [5.74, 6) is -0.501. The SMILES string of the molecule is COC(=O)N(C)C(=O)CSS(=O)P(C)OC. The first kappa shape index (κ1) is 15.8. The van der Waals surface area contributed by atoms with Gasteiger partial charge in [-0.25, -0.2) is 13.9 Å². The van der Waals surface area contributed by atoms with Crippen molar-refractivity contribution in [1.29, 1.82) is 0 Å². The highest BCUT2D eigenvalue weighted by Gasteiger charge is 2.19. The molecule has 6 nitrogen and oxygen atoms in total. The average Bonchev–Trinajstić information content (AvgIpc) is 2.32. The largest absolute Gasteiger partial charge is 0.452 e. The topological polar surface area (TPSA) is 72.9 Å². The molecular formula is C7H14NO5PS2. The molecule has 0 aliphatic rings. The van der Waals surface area contributed by atoms with Gasteiger partial charge in [0.15, 0.2) is 0 Å². The maximum Gasteiger partial charge on any atom is 0.415 e. The van der Waals surface area contributed by atoms with Gasteiger partial charge >= 0.3 is 6.09 Å². The highest BCUT2D eigenvalue weighted by atomic mass is 33.3. The maximum atomic E-state index is 11.4. The fourth-order valence-corrected chi connectivity index (χ4v) is 5.01. The van der Waals surface area contributed by atoms with Crippen LogP contribution in [0.4, 0.5) is 4.79 Å². The van der Waals surface area contributed by atoms with E-state index in [1.54, 1.807) is 6.66 Å². The van der Waals surface area contributed by atoms with Crippen molar-refractivity contribution >= 4 is 39.6 Å². The number of hydrogen-bond donors (Lipinski definition) is 0. The standard InChI is InChI=1S/C7H14NO5PS2/c1-8(7(10)12-2)6(9)5-15-16(11)14(4)13-3/h5H2,1-4H3. The first-order chi connectivity index (χ1) is 7.43. The summed E-state index contributed by atoms with van der Waals surface area (Å²) in [6, 6.07) is 0. The molecule has 2 amide bonds. The molecule has 9 heteroatoms. The summed E-state index contributed by atoms with van der Waals surface area (Å²) in [5, 5.41) is 0. The summed E-state index contributed by atoms with van der Waals surface area (Å²) in [6.07, 6.45) is -0.734. The van der Waals surface area contributed by atoms with E-state index in [4.69, 9.17) is 4.52 Å².